The largest absolute Gasteiger partial charge is 0.550 e. The Morgan fingerprint density at radius 2 is 1.88 bits per heavy atom. The minimum absolute atomic E-state index is 0.0573. The highest BCUT2D eigenvalue weighted by molar-refractivity contribution is 8.00. The van der Waals surface area contributed by atoms with Crippen LogP contribution in [0.2, 0.25) is 0 Å². The molecule has 0 heterocycles. The van der Waals surface area contributed by atoms with Crippen LogP contribution in [0.1, 0.15) is 18.0 Å². The van der Waals surface area contributed by atoms with Crippen LogP contribution >= 0.6 is 11.8 Å². The van der Waals surface area contributed by atoms with Crippen molar-refractivity contribution in [1.29, 1.82) is 0 Å². The zero-order valence-corrected chi connectivity index (χ0v) is 9.48. The summed E-state index contributed by atoms with van der Waals surface area (Å²) < 4.78 is 36.1. The van der Waals surface area contributed by atoms with Gasteiger partial charge in [0.25, 0.3) is 0 Å². The molecular weight excluding hydrogens is 255 g/mol. The Balaban J connectivity index is 2.71. The Labute approximate surface area is 99.8 Å². The number of alkyl halides is 3. The summed E-state index contributed by atoms with van der Waals surface area (Å²) in [6.07, 6.45) is -0.258. The first-order chi connectivity index (χ1) is 7.78. The van der Waals surface area contributed by atoms with Gasteiger partial charge in [-0.15, -0.1) is 0 Å². The van der Waals surface area contributed by atoms with E-state index in [1.165, 1.54) is 24.3 Å². The van der Waals surface area contributed by atoms with E-state index in [0.717, 1.165) is 0 Å². The van der Waals surface area contributed by atoms with Crippen LogP contribution in [-0.2, 0) is 4.79 Å². The van der Waals surface area contributed by atoms with E-state index in [1.54, 1.807) is 0 Å². The van der Waals surface area contributed by atoms with Crippen molar-refractivity contribution in [2.45, 2.75) is 22.9 Å². The van der Waals surface area contributed by atoms with E-state index in [-0.39, 0.29) is 23.1 Å². The Morgan fingerprint density at radius 1 is 1.35 bits per heavy atom. The molecule has 0 aliphatic rings. The predicted octanol–water partition coefficient (Wildman–Crippen LogP) is 0.722. The minimum Gasteiger partial charge on any atom is -0.550 e. The first-order valence-electron chi connectivity index (χ1n) is 4.66. The molecule has 17 heavy (non-hydrogen) atoms. The minimum atomic E-state index is -4.32. The summed E-state index contributed by atoms with van der Waals surface area (Å²) in [5.41, 5.74) is -0.150. The lowest BCUT2D eigenvalue weighted by atomic mass is 10.1. The lowest BCUT2D eigenvalue weighted by molar-refractivity contribution is -0.430. The smallest absolute Gasteiger partial charge is 0.446 e. The van der Waals surface area contributed by atoms with Crippen molar-refractivity contribution in [1.82, 2.24) is 0 Å². The van der Waals surface area contributed by atoms with Gasteiger partial charge >= 0.3 is 5.51 Å². The number of quaternary nitrogens is 1. The quantitative estimate of drug-likeness (QED) is 0.816. The number of hydrogen-bond acceptors (Lipinski definition) is 3. The maximum atomic E-state index is 12.0. The summed E-state index contributed by atoms with van der Waals surface area (Å²) in [7, 11) is 0. The van der Waals surface area contributed by atoms with Crippen LogP contribution in [-0.4, -0.2) is 11.5 Å². The first-order valence-corrected chi connectivity index (χ1v) is 5.48. The summed E-state index contributed by atoms with van der Waals surface area (Å²) in [4.78, 5) is 10.4. The molecule has 94 valence electrons. The highest BCUT2D eigenvalue weighted by atomic mass is 32.2. The van der Waals surface area contributed by atoms with Crippen molar-refractivity contribution >= 4 is 17.7 Å². The van der Waals surface area contributed by atoms with Gasteiger partial charge in [0, 0.05) is 22.8 Å². The van der Waals surface area contributed by atoms with Crippen molar-refractivity contribution in [2.75, 3.05) is 0 Å². The zero-order valence-electron chi connectivity index (χ0n) is 8.66. The second-order valence-corrected chi connectivity index (χ2v) is 4.53. The topological polar surface area (TPSA) is 67.8 Å². The fourth-order valence-corrected chi connectivity index (χ4v) is 1.80. The van der Waals surface area contributed by atoms with E-state index in [0.29, 0.717) is 5.56 Å². The molecule has 3 N–H and O–H groups in total. The normalized spacial score (nSPS) is 13.4. The van der Waals surface area contributed by atoms with E-state index in [4.69, 9.17) is 0 Å². The van der Waals surface area contributed by atoms with Gasteiger partial charge in [0.05, 0.1) is 0 Å². The van der Waals surface area contributed by atoms with Gasteiger partial charge in [-0.2, -0.15) is 13.2 Å². The molecule has 0 saturated carbocycles. The molecule has 0 spiro atoms. The molecule has 0 amide bonds. The number of rotatable bonds is 4. The summed E-state index contributed by atoms with van der Waals surface area (Å²) in [6, 6.07) is 4.94. The summed E-state index contributed by atoms with van der Waals surface area (Å²) in [6.45, 7) is 0. The van der Waals surface area contributed by atoms with Gasteiger partial charge in [0.1, 0.15) is 6.04 Å². The maximum absolute atomic E-state index is 12.0. The van der Waals surface area contributed by atoms with E-state index in [1.807, 2.05) is 0 Å². The van der Waals surface area contributed by atoms with Crippen LogP contribution < -0.4 is 10.8 Å². The van der Waals surface area contributed by atoms with Crippen molar-refractivity contribution in [3.8, 4) is 0 Å². The number of hydrogen-bond donors (Lipinski definition) is 1. The van der Waals surface area contributed by atoms with Crippen LogP contribution in [0.15, 0.2) is 29.2 Å². The Bertz CT molecular complexity index is 392. The fourth-order valence-electron chi connectivity index (χ4n) is 1.26. The maximum Gasteiger partial charge on any atom is 0.446 e. The SMILES string of the molecule is [NH3+][C@H](CC(=O)[O-])c1ccc(SC(F)(F)F)cc1. The number of thioether (sulfide) groups is 1. The third-order valence-corrected chi connectivity index (χ3v) is 2.74. The Hall–Kier alpha value is -1.21. The Morgan fingerprint density at radius 3 is 2.29 bits per heavy atom. The average Bonchev–Trinajstić information content (AvgIpc) is 2.15. The van der Waals surface area contributed by atoms with E-state index in [9.17, 15) is 23.1 Å². The van der Waals surface area contributed by atoms with Crippen molar-refractivity contribution < 1.29 is 28.8 Å². The molecule has 0 fully saturated rings. The molecule has 1 rings (SSSR count). The molecule has 0 aliphatic heterocycles. The third-order valence-electron chi connectivity index (χ3n) is 2.00. The van der Waals surface area contributed by atoms with Gasteiger partial charge in [0.2, 0.25) is 0 Å². The standard InChI is InChI=1S/C10H10F3NO2S/c11-10(12,13)17-7-3-1-6(2-4-7)8(14)5-9(15)16/h1-4,8H,5,14H2,(H,15,16)/t8-/m1/s1. The first kappa shape index (κ1) is 13.9. The Kier molecular flexibility index (Phi) is 4.41. The summed E-state index contributed by atoms with van der Waals surface area (Å²) >= 11 is -0.214. The van der Waals surface area contributed by atoms with Crippen LogP contribution in [0.4, 0.5) is 13.2 Å². The molecule has 0 bridgehead atoms. The second kappa shape index (κ2) is 5.42. The number of aliphatic carboxylic acids is 1. The monoisotopic (exact) mass is 265 g/mol. The van der Waals surface area contributed by atoms with Crippen molar-refractivity contribution in [3.63, 3.8) is 0 Å². The molecule has 1 aromatic rings. The van der Waals surface area contributed by atoms with Crippen molar-refractivity contribution in [3.05, 3.63) is 29.8 Å². The van der Waals surface area contributed by atoms with E-state index >= 15 is 0 Å². The number of carbonyl (C=O) groups is 1. The van der Waals surface area contributed by atoms with Crippen LogP contribution in [0.3, 0.4) is 0 Å². The number of halogens is 3. The molecule has 0 aromatic heterocycles. The molecular formula is C10H10F3NO2S. The van der Waals surface area contributed by atoms with Gasteiger partial charge in [-0.05, 0) is 23.9 Å². The molecule has 3 nitrogen and oxygen atoms in total. The number of carbonyl (C=O) groups excluding carboxylic acids is 1. The highest BCUT2D eigenvalue weighted by Crippen LogP contribution is 2.36. The predicted molar refractivity (Wildman–Crippen MR) is 53.6 cm³/mol. The highest BCUT2D eigenvalue weighted by Gasteiger charge is 2.29. The number of carboxylic acid groups (broad SMARTS) is 1. The molecule has 0 unspecified atom stereocenters. The van der Waals surface area contributed by atoms with Gasteiger partial charge < -0.3 is 15.6 Å². The molecule has 0 radical (unpaired) electrons. The summed E-state index contributed by atoms with van der Waals surface area (Å²) in [5.74, 6) is -1.24. The van der Waals surface area contributed by atoms with Gasteiger partial charge in [-0.25, -0.2) is 0 Å². The lowest BCUT2D eigenvalue weighted by Gasteiger charge is -2.10. The fraction of sp³-hybridized carbons (Fsp3) is 0.300. The molecule has 7 heteroatoms. The van der Waals surface area contributed by atoms with Gasteiger partial charge in [-0.1, -0.05) is 12.1 Å². The lowest BCUT2D eigenvalue weighted by Crippen LogP contribution is -2.55. The number of carboxylic acids is 1. The van der Waals surface area contributed by atoms with Crippen LogP contribution in [0.5, 0.6) is 0 Å². The van der Waals surface area contributed by atoms with Gasteiger partial charge in [0.15, 0.2) is 0 Å². The third kappa shape index (κ3) is 5.10. The van der Waals surface area contributed by atoms with Gasteiger partial charge in [-0.3, -0.25) is 0 Å². The average molecular weight is 265 g/mol. The summed E-state index contributed by atoms with van der Waals surface area (Å²) in [5, 5.41) is 10.3. The van der Waals surface area contributed by atoms with E-state index in [2.05, 4.69) is 5.73 Å². The zero-order chi connectivity index (χ0) is 13.1. The van der Waals surface area contributed by atoms with Crippen molar-refractivity contribution in [2.24, 2.45) is 0 Å². The molecule has 1 aromatic carbocycles. The van der Waals surface area contributed by atoms with Crippen LogP contribution in [0.25, 0.3) is 0 Å². The second-order valence-electron chi connectivity index (χ2n) is 3.39. The molecule has 0 saturated heterocycles. The van der Waals surface area contributed by atoms with Crippen LogP contribution in [0, 0.1) is 0 Å². The molecule has 1 atom stereocenters. The number of benzene rings is 1. The molecule has 0 aliphatic carbocycles. The van der Waals surface area contributed by atoms with E-state index < -0.39 is 17.5 Å².